The van der Waals surface area contributed by atoms with Crippen LogP contribution in [-0.2, 0) is 19.5 Å². The molecule has 1 N–H and O–H groups in total. The minimum atomic E-state index is 0. The first-order chi connectivity index (χ1) is 16.4. The summed E-state index contributed by atoms with van der Waals surface area (Å²) >= 11 is 1.67. The molecule has 0 aliphatic carbocycles. The first-order valence-corrected chi connectivity index (χ1v) is 12.2. The molecule has 0 saturated heterocycles. The third-order valence-electron chi connectivity index (χ3n) is 5.29. The number of imidazole rings is 1. The fourth-order valence-electron chi connectivity index (χ4n) is 2.75. The number of tetrazole rings is 1. The second-order valence-electron chi connectivity index (χ2n) is 9.26. The summed E-state index contributed by atoms with van der Waals surface area (Å²) < 4.78 is 3.58. The number of benzene rings is 1. The Morgan fingerprint density at radius 3 is 1.89 bits per heavy atom. The molecule has 0 saturated carbocycles. The molecule has 0 bridgehead atoms. The molecule has 10 nitrogen and oxygen atoms in total. The van der Waals surface area contributed by atoms with E-state index in [0.717, 1.165) is 21.7 Å². The van der Waals surface area contributed by atoms with Crippen LogP contribution >= 0.6 is 11.3 Å². The van der Waals surface area contributed by atoms with E-state index in [-0.39, 0.29) is 20.3 Å². The van der Waals surface area contributed by atoms with Gasteiger partial charge in [0.05, 0.1) is 17.5 Å². The number of nitrogens with zero attached hydrogens (tertiary/aromatic N) is 9. The topological polar surface area (TPSA) is 102 Å². The van der Waals surface area contributed by atoms with Crippen LogP contribution in [0.25, 0.3) is 0 Å². The van der Waals surface area contributed by atoms with Crippen LogP contribution in [0.4, 0.5) is 11.4 Å². The van der Waals surface area contributed by atoms with Gasteiger partial charge in [0.2, 0.25) is 0 Å². The first-order valence-electron chi connectivity index (χ1n) is 11.4. The summed E-state index contributed by atoms with van der Waals surface area (Å²) in [5.74, 6) is 1.89. The predicted molar refractivity (Wildman–Crippen MR) is 156 cm³/mol. The van der Waals surface area contributed by atoms with E-state index in [4.69, 9.17) is 0 Å². The lowest BCUT2D eigenvalue weighted by Gasteiger charge is -2.16. The van der Waals surface area contributed by atoms with Gasteiger partial charge in [-0.2, -0.15) is 0 Å². The van der Waals surface area contributed by atoms with Gasteiger partial charge in [0, 0.05) is 39.0 Å². The SMILES string of the molecule is C.C.CC1Nc2ccccc2N1C.Cc1nccn1C.Cc1nnc(C(C)(C)C)s1.Cc1nnnn1C. The summed E-state index contributed by atoms with van der Waals surface area (Å²) in [7, 11) is 5.88. The molecule has 1 aliphatic rings. The molecule has 0 amide bonds. The number of anilines is 2. The summed E-state index contributed by atoms with van der Waals surface area (Å²) in [6.45, 7) is 14.4. The van der Waals surface area contributed by atoms with Gasteiger partial charge in [-0.05, 0) is 50.3 Å². The molecule has 3 aromatic heterocycles. The highest BCUT2D eigenvalue weighted by atomic mass is 32.1. The van der Waals surface area contributed by atoms with Crippen molar-refractivity contribution in [3.63, 3.8) is 0 Å². The standard InChI is InChI=1S/C9H12N2.C7H12N2S.C5H8N2.C3H6N4.2CH4/c1-7-10-8-5-3-4-6-9(8)11(7)2;1-5-8-9-6(10-5)7(2,3)4;1-5-6-3-4-7(5)2;1-3-4-5-6-7(3)2;;/h3-7,10H,1-2H3;1-4H3;3-4H,1-2H3;1-2H3;2*1H4. The van der Waals surface area contributed by atoms with E-state index in [2.05, 4.69) is 99.9 Å². The van der Waals surface area contributed by atoms with Crippen molar-refractivity contribution in [2.75, 3.05) is 17.3 Å². The third-order valence-corrected chi connectivity index (χ3v) is 6.56. The van der Waals surface area contributed by atoms with Crippen LogP contribution in [0.5, 0.6) is 0 Å². The van der Waals surface area contributed by atoms with Gasteiger partial charge in [0.15, 0.2) is 0 Å². The van der Waals surface area contributed by atoms with Crippen LogP contribution in [0.3, 0.4) is 0 Å². The van der Waals surface area contributed by atoms with E-state index in [9.17, 15) is 0 Å². The maximum absolute atomic E-state index is 4.06. The second kappa shape index (κ2) is 15.0. The predicted octanol–water partition coefficient (Wildman–Crippen LogP) is 5.56. The van der Waals surface area contributed by atoms with Crippen molar-refractivity contribution >= 4 is 22.7 Å². The molecule has 206 valence electrons. The Hall–Kier alpha value is -3.34. The zero-order chi connectivity index (χ0) is 26.2. The van der Waals surface area contributed by atoms with Gasteiger partial charge in [0.25, 0.3) is 0 Å². The number of rotatable bonds is 0. The van der Waals surface area contributed by atoms with Gasteiger partial charge in [-0.25, -0.2) is 9.67 Å². The van der Waals surface area contributed by atoms with Crippen LogP contribution in [-0.4, -0.2) is 53.2 Å². The lowest BCUT2D eigenvalue weighted by molar-refractivity contribution is 0.578. The molecule has 1 atom stereocenters. The van der Waals surface area contributed by atoms with E-state index in [1.807, 2.05) is 38.6 Å². The quantitative estimate of drug-likeness (QED) is 0.315. The van der Waals surface area contributed by atoms with Crippen LogP contribution < -0.4 is 10.2 Å². The Morgan fingerprint density at radius 2 is 1.57 bits per heavy atom. The number of hydrogen-bond donors (Lipinski definition) is 1. The Bertz CT molecular complexity index is 1100. The lowest BCUT2D eigenvalue weighted by Crippen LogP contribution is -2.28. The molecule has 4 aromatic rings. The fourth-order valence-corrected chi connectivity index (χ4v) is 3.50. The molecule has 4 heterocycles. The van der Waals surface area contributed by atoms with Gasteiger partial charge in [-0.1, -0.05) is 47.8 Å². The van der Waals surface area contributed by atoms with E-state index >= 15 is 0 Å². The number of aromatic nitrogens is 8. The largest absolute Gasteiger partial charge is 0.364 e. The van der Waals surface area contributed by atoms with E-state index in [1.165, 1.54) is 11.4 Å². The third kappa shape index (κ3) is 10.3. The second-order valence-corrected chi connectivity index (χ2v) is 10.4. The normalized spacial score (nSPS) is 13.1. The lowest BCUT2D eigenvalue weighted by atomic mass is 9.98. The Labute approximate surface area is 227 Å². The smallest absolute Gasteiger partial charge is 0.147 e. The molecule has 5 rings (SSSR count). The zero-order valence-electron chi connectivity index (χ0n) is 22.5. The Balaban J connectivity index is 0.000000467. The van der Waals surface area contributed by atoms with Gasteiger partial charge >= 0.3 is 0 Å². The highest BCUT2D eigenvalue weighted by molar-refractivity contribution is 7.11. The maximum atomic E-state index is 4.06. The van der Waals surface area contributed by atoms with Crippen molar-refractivity contribution < 1.29 is 0 Å². The molecule has 11 heteroatoms. The zero-order valence-corrected chi connectivity index (χ0v) is 23.3. The summed E-state index contributed by atoms with van der Waals surface area (Å²) in [6, 6.07) is 8.36. The molecule has 1 aromatic carbocycles. The number of hydrogen-bond acceptors (Lipinski definition) is 9. The van der Waals surface area contributed by atoms with Crippen molar-refractivity contribution in [2.24, 2.45) is 14.1 Å². The van der Waals surface area contributed by atoms with Crippen molar-refractivity contribution in [2.45, 2.75) is 74.9 Å². The molecule has 1 aliphatic heterocycles. The fraction of sp³-hybridized carbons (Fsp3) is 0.538. The molecule has 37 heavy (non-hydrogen) atoms. The molecule has 1 unspecified atom stereocenters. The van der Waals surface area contributed by atoms with Gasteiger partial charge in [0.1, 0.15) is 21.7 Å². The highest BCUT2D eigenvalue weighted by Gasteiger charge is 2.20. The first kappa shape index (κ1) is 33.7. The van der Waals surface area contributed by atoms with Crippen molar-refractivity contribution in [3.8, 4) is 0 Å². The molecule has 0 radical (unpaired) electrons. The van der Waals surface area contributed by atoms with Crippen molar-refractivity contribution in [1.82, 2.24) is 40.0 Å². The number of nitrogens with one attached hydrogen (secondary N) is 1. The van der Waals surface area contributed by atoms with E-state index in [1.54, 1.807) is 29.3 Å². The van der Waals surface area contributed by atoms with Gasteiger partial charge in [-0.3, -0.25) is 0 Å². The van der Waals surface area contributed by atoms with Crippen LogP contribution in [0.2, 0.25) is 0 Å². The molecule has 0 fully saturated rings. The molecular weight excluding hydrogens is 484 g/mol. The van der Waals surface area contributed by atoms with Crippen LogP contribution in [0.1, 0.15) is 64.2 Å². The molecular formula is C26H46N10S. The van der Waals surface area contributed by atoms with Crippen LogP contribution in [0.15, 0.2) is 36.7 Å². The maximum Gasteiger partial charge on any atom is 0.147 e. The van der Waals surface area contributed by atoms with Gasteiger partial charge in [-0.15, -0.1) is 26.6 Å². The minimum Gasteiger partial charge on any atom is -0.364 e. The number of para-hydroxylation sites is 2. The minimum absolute atomic E-state index is 0. The van der Waals surface area contributed by atoms with E-state index in [0.29, 0.717) is 6.17 Å². The van der Waals surface area contributed by atoms with Crippen molar-refractivity contribution in [1.29, 1.82) is 0 Å². The summed E-state index contributed by atoms with van der Waals surface area (Å²) in [4.78, 5) is 6.21. The number of fused-ring (bicyclic) bond motifs is 1. The number of aryl methyl sites for hydroxylation is 5. The average molecular weight is 531 g/mol. The summed E-state index contributed by atoms with van der Waals surface area (Å²) in [5, 5.41) is 24.1. The Kier molecular flexibility index (Phi) is 13.7. The van der Waals surface area contributed by atoms with Crippen LogP contribution in [0, 0.1) is 20.8 Å². The average Bonchev–Trinajstić information content (AvgIpc) is 3.56. The van der Waals surface area contributed by atoms with Gasteiger partial charge < -0.3 is 14.8 Å². The summed E-state index contributed by atoms with van der Waals surface area (Å²) in [6.07, 6.45) is 4.14. The molecule has 0 spiro atoms. The monoisotopic (exact) mass is 530 g/mol. The van der Waals surface area contributed by atoms with Crippen molar-refractivity contribution in [3.05, 3.63) is 58.3 Å². The summed E-state index contributed by atoms with van der Waals surface area (Å²) in [5.41, 5.74) is 2.69. The highest BCUT2D eigenvalue weighted by Crippen LogP contribution is 2.32. The van der Waals surface area contributed by atoms with E-state index < -0.39 is 0 Å². The Morgan fingerprint density at radius 1 is 0.919 bits per heavy atom.